The summed E-state index contributed by atoms with van der Waals surface area (Å²) in [5, 5.41) is 8.84. The predicted molar refractivity (Wildman–Crippen MR) is 100 cm³/mol. The Morgan fingerprint density at radius 3 is 2.50 bits per heavy atom. The van der Waals surface area contributed by atoms with Crippen molar-refractivity contribution in [2.24, 2.45) is 11.8 Å². The van der Waals surface area contributed by atoms with Crippen molar-refractivity contribution in [2.45, 2.75) is 33.1 Å². The largest absolute Gasteiger partial charge is 0.316 e. The molecule has 1 aliphatic rings. The van der Waals surface area contributed by atoms with E-state index in [1.807, 2.05) is 12.3 Å². The molecule has 3 rings (SSSR count). The number of amides is 1. The van der Waals surface area contributed by atoms with Gasteiger partial charge >= 0.3 is 0 Å². The third kappa shape index (κ3) is 3.68. The molecule has 0 saturated carbocycles. The molecule has 0 bridgehead atoms. The van der Waals surface area contributed by atoms with E-state index in [0.29, 0.717) is 11.0 Å². The fourth-order valence-corrected chi connectivity index (χ4v) is 3.43. The zero-order valence-corrected chi connectivity index (χ0v) is 15.5. The Hall–Kier alpha value is -1.72. The molecule has 128 valence electrons. The first kappa shape index (κ1) is 17.1. The van der Waals surface area contributed by atoms with Crippen LogP contribution in [0.3, 0.4) is 0 Å². The highest BCUT2D eigenvalue weighted by molar-refractivity contribution is 7.14. The summed E-state index contributed by atoms with van der Waals surface area (Å²) in [6.45, 7) is 10.5. The number of thiazole rings is 1. The molecular weight excluding hydrogens is 318 g/mol. The minimum absolute atomic E-state index is 0.0182. The molecule has 1 fully saturated rings. The molecule has 2 heterocycles. The van der Waals surface area contributed by atoms with Gasteiger partial charge in [-0.2, -0.15) is 0 Å². The number of aromatic nitrogens is 1. The second kappa shape index (κ2) is 6.65. The maximum atomic E-state index is 12.3. The summed E-state index contributed by atoms with van der Waals surface area (Å²) in [5.74, 6) is 0.518. The first-order valence-corrected chi connectivity index (χ1v) is 9.30. The number of hydrogen-bond acceptors (Lipinski definition) is 4. The van der Waals surface area contributed by atoms with Crippen molar-refractivity contribution in [3.8, 4) is 11.3 Å². The Kier molecular flexibility index (Phi) is 4.74. The summed E-state index contributed by atoms with van der Waals surface area (Å²) in [5.41, 5.74) is 3.44. The number of nitrogens with one attached hydrogen (secondary N) is 2. The van der Waals surface area contributed by atoms with Gasteiger partial charge in [0.15, 0.2) is 5.13 Å². The summed E-state index contributed by atoms with van der Waals surface area (Å²) in [7, 11) is 0. The van der Waals surface area contributed by atoms with Crippen LogP contribution in [0.25, 0.3) is 11.3 Å². The van der Waals surface area contributed by atoms with E-state index < -0.39 is 0 Å². The van der Waals surface area contributed by atoms with E-state index in [2.05, 4.69) is 60.7 Å². The molecule has 2 N–H and O–H groups in total. The summed E-state index contributed by atoms with van der Waals surface area (Å²) in [4.78, 5) is 16.8. The third-order valence-corrected chi connectivity index (χ3v) is 5.47. The van der Waals surface area contributed by atoms with Crippen LogP contribution in [0.15, 0.2) is 29.6 Å². The SMILES string of the molecule is CC(C(=O)Nc1nc(-c2ccc(C(C)(C)C)cc2)cs1)C1CNC1. The molecule has 1 saturated heterocycles. The van der Waals surface area contributed by atoms with Crippen LogP contribution in [0.1, 0.15) is 33.3 Å². The van der Waals surface area contributed by atoms with E-state index >= 15 is 0 Å². The lowest BCUT2D eigenvalue weighted by Gasteiger charge is -2.31. The Labute approximate surface area is 147 Å². The maximum absolute atomic E-state index is 12.3. The van der Waals surface area contributed by atoms with Crippen molar-refractivity contribution in [3.63, 3.8) is 0 Å². The highest BCUT2D eigenvalue weighted by atomic mass is 32.1. The monoisotopic (exact) mass is 343 g/mol. The minimum atomic E-state index is 0.0182. The van der Waals surface area contributed by atoms with Gasteiger partial charge in [0.2, 0.25) is 5.91 Å². The number of anilines is 1. The van der Waals surface area contributed by atoms with Gasteiger partial charge in [-0.25, -0.2) is 4.98 Å². The van der Waals surface area contributed by atoms with Crippen LogP contribution < -0.4 is 10.6 Å². The van der Waals surface area contributed by atoms with E-state index in [1.54, 1.807) is 0 Å². The van der Waals surface area contributed by atoms with Gasteiger partial charge in [0.05, 0.1) is 5.69 Å². The van der Waals surface area contributed by atoms with E-state index in [0.717, 1.165) is 24.3 Å². The average molecular weight is 343 g/mol. The first-order valence-electron chi connectivity index (χ1n) is 8.42. The van der Waals surface area contributed by atoms with Gasteiger partial charge in [-0.15, -0.1) is 11.3 Å². The lowest BCUT2D eigenvalue weighted by Crippen LogP contribution is -2.48. The zero-order chi connectivity index (χ0) is 17.3. The van der Waals surface area contributed by atoms with Crippen molar-refractivity contribution < 1.29 is 4.79 Å². The number of benzene rings is 1. The Morgan fingerprint density at radius 1 is 1.29 bits per heavy atom. The normalized spacial score (nSPS) is 16.5. The van der Waals surface area contributed by atoms with Gasteiger partial charge in [0.25, 0.3) is 0 Å². The topological polar surface area (TPSA) is 54.0 Å². The molecule has 1 atom stereocenters. The Morgan fingerprint density at radius 2 is 1.96 bits per heavy atom. The van der Waals surface area contributed by atoms with Crippen LogP contribution in [0.5, 0.6) is 0 Å². The van der Waals surface area contributed by atoms with Crippen molar-refractivity contribution in [2.75, 3.05) is 18.4 Å². The molecule has 24 heavy (non-hydrogen) atoms. The van der Waals surface area contributed by atoms with Gasteiger partial charge in [0.1, 0.15) is 0 Å². The highest BCUT2D eigenvalue weighted by Gasteiger charge is 2.29. The summed E-state index contributed by atoms with van der Waals surface area (Å²) in [6, 6.07) is 8.50. The van der Waals surface area contributed by atoms with Crippen molar-refractivity contribution in [1.82, 2.24) is 10.3 Å². The number of nitrogens with zero attached hydrogens (tertiary/aromatic N) is 1. The molecule has 0 radical (unpaired) electrons. The Bertz CT molecular complexity index is 711. The second-order valence-corrected chi connectivity index (χ2v) is 8.42. The van der Waals surface area contributed by atoms with Gasteiger partial charge < -0.3 is 10.6 Å². The van der Waals surface area contributed by atoms with E-state index in [-0.39, 0.29) is 17.2 Å². The van der Waals surface area contributed by atoms with E-state index in [1.165, 1.54) is 16.9 Å². The molecular formula is C19H25N3OS. The summed E-state index contributed by atoms with van der Waals surface area (Å²) < 4.78 is 0. The molecule has 0 aliphatic carbocycles. The standard InChI is InChI=1S/C19H25N3OS/c1-12(14-9-20-10-14)17(23)22-18-21-16(11-24-18)13-5-7-15(8-6-13)19(2,3)4/h5-8,11-12,14,20H,9-10H2,1-4H3,(H,21,22,23). The molecule has 5 heteroatoms. The lowest BCUT2D eigenvalue weighted by atomic mass is 9.86. The highest BCUT2D eigenvalue weighted by Crippen LogP contribution is 2.29. The van der Waals surface area contributed by atoms with E-state index in [9.17, 15) is 4.79 Å². The minimum Gasteiger partial charge on any atom is -0.316 e. The molecule has 1 unspecified atom stereocenters. The second-order valence-electron chi connectivity index (χ2n) is 7.56. The predicted octanol–water partition coefficient (Wildman–Crippen LogP) is 3.90. The van der Waals surface area contributed by atoms with Crippen LogP contribution in [0.2, 0.25) is 0 Å². The first-order chi connectivity index (χ1) is 11.3. The summed E-state index contributed by atoms with van der Waals surface area (Å²) >= 11 is 1.48. The fraction of sp³-hybridized carbons (Fsp3) is 0.474. The lowest BCUT2D eigenvalue weighted by molar-refractivity contribution is -0.121. The number of rotatable bonds is 4. The molecule has 2 aromatic rings. The maximum Gasteiger partial charge on any atom is 0.229 e. The molecule has 1 aromatic heterocycles. The van der Waals surface area contributed by atoms with Gasteiger partial charge in [-0.3, -0.25) is 4.79 Å². The van der Waals surface area contributed by atoms with Crippen molar-refractivity contribution >= 4 is 22.4 Å². The summed E-state index contributed by atoms with van der Waals surface area (Å²) in [6.07, 6.45) is 0. The average Bonchev–Trinajstić information content (AvgIpc) is 2.93. The molecule has 1 aliphatic heterocycles. The molecule has 0 spiro atoms. The van der Waals surface area contributed by atoms with Crippen LogP contribution in [-0.4, -0.2) is 24.0 Å². The number of hydrogen-bond donors (Lipinski definition) is 2. The van der Waals surface area contributed by atoms with Crippen molar-refractivity contribution in [3.05, 3.63) is 35.2 Å². The molecule has 1 aromatic carbocycles. The van der Waals surface area contributed by atoms with Crippen LogP contribution in [-0.2, 0) is 10.2 Å². The van der Waals surface area contributed by atoms with Crippen molar-refractivity contribution in [1.29, 1.82) is 0 Å². The zero-order valence-electron chi connectivity index (χ0n) is 14.7. The van der Waals surface area contributed by atoms with Gasteiger partial charge in [-0.1, -0.05) is 52.0 Å². The molecule has 1 amide bonds. The number of carbonyl (C=O) groups excluding carboxylic acids is 1. The van der Waals surface area contributed by atoms with E-state index in [4.69, 9.17) is 0 Å². The van der Waals surface area contributed by atoms with Crippen LogP contribution in [0, 0.1) is 11.8 Å². The van der Waals surface area contributed by atoms with Crippen LogP contribution in [0.4, 0.5) is 5.13 Å². The van der Waals surface area contributed by atoms with Crippen LogP contribution >= 0.6 is 11.3 Å². The van der Waals surface area contributed by atoms with Gasteiger partial charge in [0, 0.05) is 16.9 Å². The quantitative estimate of drug-likeness (QED) is 0.885. The molecule has 4 nitrogen and oxygen atoms in total. The fourth-order valence-electron chi connectivity index (χ4n) is 2.70. The number of carbonyl (C=O) groups is 1. The third-order valence-electron chi connectivity index (χ3n) is 4.71. The smallest absolute Gasteiger partial charge is 0.229 e. The van der Waals surface area contributed by atoms with Gasteiger partial charge in [-0.05, 0) is 30.0 Å². The Balaban J connectivity index is 1.67.